The first-order valence-electron chi connectivity index (χ1n) is 7.60. The second kappa shape index (κ2) is 7.57. The molecule has 0 radical (unpaired) electrons. The van der Waals surface area contributed by atoms with Crippen LogP contribution in [0.5, 0.6) is 0 Å². The quantitative estimate of drug-likeness (QED) is 0.620. The number of carbonyl (C=O) groups excluding carboxylic acids is 4. The molecule has 0 saturated heterocycles. The first-order valence-corrected chi connectivity index (χ1v) is 7.60. The first-order chi connectivity index (χ1) is 11.8. The number of aromatic nitrogens is 1. The molecule has 1 aromatic heterocycles. The summed E-state index contributed by atoms with van der Waals surface area (Å²) in [5.74, 6) is -1.50. The summed E-state index contributed by atoms with van der Waals surface area (Å²) in [4.78, 5) is 49.2. The molecule has 1 atom stereocenters. The van der Waals surface area contributed by atoms with E-state index in [-0.39, 0.29) is 17.3 Å². The smallest absolute Gasteiger partial charge is 0.355 e. The number of nitrogens with one attached hydrogen (secondary N) is 2. The summed E-state index contributed by atoms with van der Waals surface area (Å²) in [6.07, 6.45) is 0.365. The van der Waals surface area contributed by atoms with Crippen LogP contribution in [0.25, 0.3) is 0 Å². The number of esters is 1. The van der Waals surface area contributed by atoms with E-state index in [0.717, 1.165) is 0 Å². The highest BCUT2D eigenvalue weighted by atomic mass is 16.5. The fraction of sp³-hybridized carbons (Fsp3) is 0.222. The lowest BCUT2D eigenvalue weighted by Gasteiger charge is -2.13. The third-order valence-electron chi connectivity index (χ3n) is 3.52. The van der Waals surface area contributed by atoms with Gasteiger partial charge in [0.2, 0.25) is 0 Å². The highest BCUT2D eigenvalue weighted by Crippen LogP contribution is 2.12. The predicted molar refractivity (Wildman–Crippen MR) is 90.8 cm³/mol. The largest absolute Gasteiger partial charge is 0.448 e. The molecule has 25 heavy (non-hydrogen) atoms. The number of ether oxygens (including phenoxy) is 1. The Kier molecular flexibility index (Phi) is 5.49. The van der Waals surface area contributed by atoms with Gasteiger partial charge in [-0.05, 0) is 51.1 Å². The summed E-state index contributed by atoms with van der Waals surface area (Å²) in [7, 11) is 0. The zero-order chi connectivity index (χ0) is 18.6. The van der Waals surface area contributed by atoms with E-state index in [1.807, 2.05) is 0 Å². The number of carbonyl (C=O) groups is 4. The van der Waals surface area contributed by atoms with Gasteiger partial charge in [0.05, 0.1) is 0 Å². The Labute approximate surface area is 144 Å². The normalized spacial score (nSPS) is 11.5. The molecule has 130 valence electrons. The lowest BCUT2D eigenvalue weighted by Crippen LogP contribution is -2.30. The van der Waals surface area contributed by atoms with Crippen LogP contribution in [0, 0.1) is 0 Å². The fourth-order valence-electron chi connectivity index (χ4n) is 2.03. The van der Waals surface area contributed by atoms with E-state index in [1.165, 1.54) is 33.0 Å². The van der Waals surface area contributed by atoms with Crippen molar-refractivity contribution in [3.63, 3.8) is 0 Å². The molecule has 1 amide bonds. The van der Waals surface area contributed by atoms with Gasteiger partial charge < -0.3 is 15.0 Å². The number of anilines is 1. The van der Waals surface area contributed by atoms with Crippen LogP contribution in [0.1, 0.15) is 52.0 Å². The molecule has 0 aliphatic heterocycles. The Morgan fingerprint density at radius 2 is 1.60 bits per heavy atom. The summed E-state index contributed by atoms with van der Waals surface area (Å²) in [6, 6.07) is 7.74. The zero-order valence-corrected chi connectivity index (χ0v) is 14.1. The van der Waals surface area contributed by atoms with Gasteiger partial charge in [0.15, 0.2) is 17.7 Å². The Bertz CT molecular complexity index is 820. The number of hydrogen-bond donors (Lipinski definition) is 2. The van der Waals surface area contributed by atoms with Crippen molar-refractivity contribution in [1.82, 2.24) is 4.98 Å². The molecule has 0 aliphatic rings. The van der Waals surface area contributed by atoms with Gasteiger partial charge in [0.25, 0.3) is 5.91 Å². The van der Waals surface area contributed by atoms with Crippen molar-refractivity contribution < 1.29 is 23.9 Å². The SMILES string of the molecule is CC(=O)c1ccc(NC(=O)[C@@H](C)OC(=O)c2cc(C(C)=O)c[nH]2)cc1. The third kappa shape index (κ3) is 4.63. The van der Waals surface area contributed by atoms with Crippen LogP contribution in [0.3, 0.4) is 0 Å². The van der Waals surface area contributed by atoms with E-state index in [4.69, 9.17) is 4.74 Å². The average molecular weight is 342 g/mol. The molecule has 2 N–H and O–H groups in total. The Morgan fingerprint density at radius 3 is 2.12 bits per heavy atom. The van der Waals surface area contributed by atoms with Crippen LogP contribution in [0.15, 0.2) is 36.5 Å². The van der Waals surface area contributed by atoms with E-state index < -0.39 is 18.0 Å². The van der Waals surface area contributed by atoms with Crippen molar-refractivity contribution in [2.24, 2.45) is 0 Å². The number of rotatable bonds is 6. The van der Waals surface area contributed by atoms with Gasteiger partial charge >= 0.3 is 5.97 Å². The maximum absolute atomic E-state index is 12.1. The maximum atomic E-state index is 12.1. The minimum Gasteiger partial charge on any atom is -0.448 e. The van der Waals surface area contributed by atoms with E-state index in [1.54, 1.807) is 24.3 Å². The molecule has 0 bridgehead atoms. The lowest BCUT2D eigenvalue weighted by molar-refractivity contribution is -0.123. The van der Waals surface area contributed by atoms with Crippen LogP contribution >= 0.6 is 0 Å². The van der Waals surface area contributed by atoms with Crippen molar-refractivity contribution in [2.45, 2.75) is 26.9 Å². The number of ketones is 2. The number of Topliss-reactive ketones (excluding diaryl/α,β-unsaturated/α-hetero) is 2. The van der Waals surface area contributed by atoms with Gasteiger partial charge in [-0.15, -0.1) is 0 Å². The molecule has 1 aromatic carbocycles. The second-order valence-electron chi connectivity index (χ2n) is 5.53. The van der Waals surface area contributed by atoms with Crippen LogP contribution in [-0.4, -0.2) is 34.5 Å². The molecule has 0 aliphatic carbocycles. The van der Waals surface area contributed by atoms with E-state index >= 15 is 0 Å². The van der Waals surface area contributed by atoms with Crippen LogP contribution in [0.4, 0.5) is 5.69 Å². The Balaban J connectivity index is 1.95. The molecule has 2 aromatic rings. The van der Waals surface area contributed by atoms with Crippen molar-refractivity contribution in [3.05, 3.63) is 53.3 Å². The Hall–Kier alpha value is -3.22. The van der Waals surface area contributed by atoms with Gasteiger partial charge in [-0.1, -0.05) is 0 Å². The van der Waals surface area contributed by atoms with E-state index in [0.29, 0.717) is 16.8 Å². The molecule has 7 heteroatoms. The monoisotopic (exact) mass is 342 g/mol. The van der Waals surface area contributed by atoms with Crippen molar-refractivity contribution in [2.75, 3.05) is 5.32 Å². The first kappa shape index (κ1) is 18.1. The van der Waals surface area contributed by atoms with Crippen LogP contribution in [0.2, 0.25) is 0 Å². The summed E-state index contributed by atoms with van der Waals surface area (Å²) in [5, 5.41) is 2.60. The number of aromatic amines is 1. The van der Waals surface area contributed by atoms with Gasteiger partial charge in [-0.2, -0.15) is 0 Å². The van der Waals surface area contributed by atoms with Crippen LogP contribution in [-0.2, 0) is 9.53 Å². The summed E-state index contributed by atoms with van der Waals surface area (Å²) < 4.78 is 5.08. The number of H-pyrrole nitrogens is 1. The second-order valence-corrected chi connectivity index (χ2v) is 5.53. The van der Waals surface area contributed by atoms with Crippen molar-refractivity contribution >= 4 is 29.1 Å². The number of hydrogen-bond acceptors (Lipinski definition) is 5. The number of benzene rings is 1. The highest BCUT2D eigenvalue weighted by molar-refractivity contribution is 6.00. The molecule has 0 saturated carbocycles. The lowest BCUT2D eigenvalue weighted by atomic mass is 10.1. The summed E-state index contributed by atoms with van der Waals surface area (Å²) in [6.45, 7) is 4.27. The van der Waals surface area contributed by atoms with E-state index in [2.05, 4.69) is 10.3 Å². The predicted octanol–water partition coefficient (Wildman–Crippen LogP) is 2.60. The third-order valence-corrected chi connectivity index (χ3v) is 3.52. The topological polar surface area (TPSA) is 105 Å². The molecule has 0 unspecified atom stereocenters. The summed E-state index contributed by atoms with van der Waals surface area (Å²) >= 11 is 0. The van der Waals surface area contributed by atoms with Gasteiger partial charge in [0.1, 0.15) is 5.69 Å². The molecular formula is C18H18N2O5. The van der Waals surface area contributed by atoms with Gasteiger partial charge in [-0.25, -0.2) is 4.79 Å². The molecular weight excluding hydrogens is 324 g/mol. The Morgan fingerprint density at radius 1 is 1.00 bits per heavy atom. The van der Waals surface area contributed by atoms with Crippen LogP contribution < -0.4 is 5.32 Å². The average Bonchev–Trinajstić information content (AvgIpc) is 3.05. The minimum atomic E-state index is -1.04. The van der Waals surface area contributed by atoms with Crippen molar-refractivity contribution in [1.29, 1.82) is 0 Å². The molecule has 0 fully saturated rings. The highest BCUT2D eigenvalue weighted by Gasteiger charge is 2.20. The fourth-order valence-corrected chi connectivity index (χ4v) is 2.03. The number of amides is 1. The molecule has 1 heterocycles. The van der Waals surface area contributed by atoms with Gasteiger partial charge in [0, 0.05) is 23.0 Å². The summed E-state index contributed by atoms with van der Waals surface area (Å²) in [5.41, 5.74) is 1.47. The van der Waals surface area contributed by atoms with E-state index in [9.17, 15) is 19.2 Å². The minimum absolute atomic E-state index is 0.0731. The standard InChI is InChI=1S/C18H18N2O5/c1-10(21)13-4-6-15(7-5-13)20-17(23)12(3)25-18(24)16-8-14(9-19-16)11(2)22/h4-9,12,19H,1-3H3,(H,20,23)/t12-/m1/s1. The maximum Gasteiger partial charge on any atom is 0.355 e. The zero-order valence-electron chi connectivity index (χ0n) is 14.1. The van der Waals surface area contributed by atoms with Gasteiger partial charge in [-0.3, -0.25) is 14.4 Å². The molecule has 2 rings (SSSR count). The molecule has 0 spiro atoms. The molecule has 7 nitrogen and oxygen atoms in total. The van der Waals surface area contributed by atoms with Crippen molar-refractivity contribution in [3.8, 4) is 0 Å².